The molecular formula is C14H10BrClN2O3. The van der Waals surface area contributed by atoms with Crippen LogP contribution in [0.4, 0.5) is 0 Å². The second-order valence-corrected chi connectivity index (χ2v) is 5.45. The Kier molecular flexibility index (Phi) is 4.93. The Balaban J connectivity index is 2.02. The molecule has 1 amide bonds. The summed E-state index contributed by atoms with van der Waals surface area (Å²) in [7, 11) is 0. The molecule has 5 nitrogen and oxygen atoms in total. The highest BCUT2D eigenvalue weighted by Gasteiger charge is 2.10. The molecular weight excluding hydrogens is 360 g/mol. The Morgan fingerprint density at radius 3 is 2.62 bits per heavy atom. The number of rotatable bonds is 4. The van der Waals surface area contributed by atoms with Crippen LogP contribution in [0.15, 0.2) is 41.0 Å². The minimum absolute atomic E-state index is 0.0366. The molecule has 0 aliphatic heterocycles. The number of halogens is 2. The predicted octanol–water partition coefficient (Wildman–Crippen LogP) is 3.13. The maximum absolute atomic E-state index is 12.0. The molecule has 7 heteroatoms. The number of pyridine rings is 1. The average Bonchev–Trinajstić information content (AvgIpc) is 2.45. The van der Waals surface area contributed by atoms with Crippen LogP contribution in [-0.4, -0.2) is 22.0 Å². The summed E-state index contributed by atoms with van der Waals surface area (Å²) in [6.07, 6.45) is 1.42. The van der Waals surface area contributed by atoms with E-state index in [0.29, 0.717) is 20.6 Å². The van der Waals surface area contributed by atoms with E-state index in [4.69, 9.17) is 16.7 Å². The number of nitrogens with zero attached hydrogens (tertiary/aromatic N) is 1. The summed E-state index contributed by atoms with van der Waals surface area (Å²) in [6.45, 7) is 0.251. The first-order valence-corrected chi connectivity index (χ1v) is 7.06. The number of carboxylic acid groups (broad SMARTS) is 1. The SMILES string of the molecule is O=C(O)c1ccc(CNC(=O)c2ccc(Cl)cc2Br)cn1. The lowest BCUT2D eigenvalue weighted by Gasteiger charge is -2.07. The zero-order chi connectivity index (χ0) is 15.4. The maximum atomic E-state index is 12.0. The Bertz CT molecular complexity index is 689. The summed E-state index contributed by atoms with van der Waals surface area (Å²) in [5.41, 5.74) is 1.14. The number of hydrogen-bond donors (Lipinski definition) is 2. The lowest BCUT2D eigenvalue weighted by Crippen LogP contribution is -2.23. The molecule has 2 aromatic rings. The first-order chi connectivity index (χ1) is 9.97. The van der Waals surface area contributed by atoms with Crippen LogP contribution in [-0.2, 0) is 6.54 Å². The summed E-state index contributed by atoms with van der Waals surface area (Å²) >= 11 is 9.09. The number of aromatic carboxylic acids is 1. The maximum Gasteiger partial charge on any atom is 0.354 e. The van der Waals surface area contributed by atoms with Gasteiger partial charge in [-0.15, -0.1) is 0 Å². The lowest BCUT2D eigenvalue weighted by molar-refractivity contribution is 0.0690. The molecule has 0 aliphatic rings. The second kappa shape index (κ2) is 6.69. The minimum atomic E-state index is -1.09. The third-order valence-corrected chi connectivity index (χ3v) is 3.56. The predicted molar refractivity (Wildman–Crippen MR) is 81.5 cm³/mol. The van der Waals surface area contributed by atoms with Gasteiger partial charge in [0.15, 0.2) is 0 Å². The van der Waals surface area contributed by atoms with E-state index in [1.807, 2.05) is 0 Å². The van der Waals surface area contributed by atoms with Crippen molar-refractivity contribution in [2.75, 3.05) is 0 Å². The van der Waals surface area contributed by atoms with Gasteiger partial charge in [0.25, 0.3) is 5.91 Å². The molecule has 0 atom stereocenters. The number of hydrogen-bond acceptors (Lipinski definition) is 3. The van der Waals surface area contributed by atoms with Gasteiger partial charge in [-0.1, -0.05) is 17.7 Å². The number of carboxylic acids is 1. The van der Waals surface area contributed by atoms with Gasteiger partial charge in [0.05, 0.1) is 5.56 Å². The first kappa shape index (κ1) is 15.5. The summed E-state index contributed by atoms with van der Waals surface area (Å²) in [6, 6.07) is 7.88. The molecule has 0 fully saturated rings. The van der Waals surface area contributed by atoms with Gasteiger partial charge in [0.1, 0.15) is 5.69 Å². The molecule has 0 bridgehead atoms. The topological polar surface area (TPSA) is 79.3 Å². The van der Waals surface area contributed by atoms with E-state index >= 15 is 0 Å². The van der Waals surface area contributed by atoms with Crippen molar-refractivity contribution in [3.05, 3.63) is 62.8 Å². The van der Waals surface area contributed by atoms with Crippen LogP contribution in [0.3, 0.4) is 0 Å². The van der Waals surface area contributed by atoms with E-state index in [-0.39, 0.29) is 18.1 Å². The third kappa shape index (κ3) is 4.03. The third-order valence-electron chi connectivity index (χ3n) is 2.67. The average molecular weight is 370 g/mol. The minimum Gasteiger partial charge on any atom is -0.477 e. The van der Waals surface area contributed by atoms with Crippen molar-refractivity contribution in [3.63, 3.8) is 0 Å². The Labute approximate surface area is 134 Å². The van der Waals surface area contributed by atoms with Gasteiger partial charge < -0.3 is 10.4 Å². The van der Waals surface area contributed by atoms with Gasteiger partial charge in [-0.25, -0.2) is 9.78 Å². The molecule has 1 aromatic carbocycles. The highest BCUT2D eigenvalue weighted by molar-refractivity contribution is 9.10. The summed E-state index contributed by atoms with van der Waals surface area (Å²) in [5, 5.41) is 12.0. The Morgan fingerprint density at radius 2 is 2.05 bits per heavy atom. The quantitative estimate of drug-likeness (QED) is 0.868. The zero-order valence-electron chi connectivity index (χ0n) is 10.6. The van der Waals surface area contributed by atoms with Crippen molar-refractivity contribution in [2.24, 2.45) is 0 Å². The number of benzene rings is 1. The largest absolute Gasteiger partial charge is 0.477 e. The fourth-order valence-corrected chi connectivity index (χ4v) is 2.47. The highest BCUT2D eigenvalue weighted by atomic mass is 79.9. The lowest BCUT2D eigenvalue weighted by atomic mass is 10.2. The van der Waals surface area contributed by atoms with Crippen LogP contribution in [0.25, 0.3) is 0 Å². The molecule has 0 saturated heterocycles. The highest BCUT2D eigenvalue weighted by Crippen LogP contribution is 2.21. The van der Waals surface area contributed by atoms with Crippen molar-refractivity contribution < 1.29 is 14.7 Å². The Hall–Kier alpha value is -1.92. The molecule has 0 aliphatic carbocycles. The fraction of sp³-hybridized carbons (Fsp3) is 0.0714. The van der Waals surface area contributed by atoms with E-state index in [2.05, 4.69) is 26.2 Å². The number of aromatic nitrogens is 1. The van der Waals surface area contributed by atoms with Gasteiger partial charge in [0, 0.05) is 22.2 Å². The van der Waals surface area contributed by atoms with Crippen molar-refractivity contribution >= 4 is 39.4 Å². The molecule has 0 unspecified atom stereocenters. The number of nitrogens with one attached hydrogen (secondary N) is 1. The van der Waals surface area contributed by atoms with Crippen molar-refractivity contribution in [1.29, 1.82) is 0 Å². The van der Waals surface area contributed by atoms with Crippen LogP contribution >= 0.6 is 27.5 Å². The van der Waals surface area contributed by atoms with E-state index in [9.17, 15) is 9.59 Å². The smallest absolute Gasteiger partial charge is 0.354 e. The standard InChI is InChI=1S/C14H10BrClN2O3/c15-11-5-9(16)2-3-10(11)13(19)18-7-8-1-4-12(14(20)21)17-6-8/h1-6H,7H2,(H,18,19)(H,20,21). The normalized spacial score (nSPS) is 10.2. The molecule has 2 N–H and O–H groups in total. The number of carbonyl (C=O) groups excluding carboxylic acids is 1. The van der Waals surface area contributed by atoms with Crippen LogP contribution in [0, 0.1) is 0 Å². The van der Waals surface area contributed by atoms with E-state index in [0.717, 1.165) is 0 Å². The van der Waals surface area contributed by atoms with E-state index < -0.39 is 5.97 Å². The van der Waals surface area contributed by atoms with Gasteiger partial charge >= 0.3 is 5.97 Å². The van der Waals surface area contributed by atoms with Crippen LogP contribution in [0.1, 0.15) is 26.4 Å². The summed E-state index contributed by atoms with van der Waals surface area (Å²) in [5.74, 6) is -1.35. The van der Waals surface area contributed by atoms with Gasteiger partial charge in [-0.05, 0) is 45.8 Å². The zero-order valence-corrected chi connectivity index (χ0v) is 13.0. The van der Waals surface area contributed by atoms with Crippen molar-refractivity contribution in [1.82, 2.24) is 10.3 Å². The molecule has 1 aromatic heterocycles. The molecule has 0 saturated carbocycles. The Morgan fingerprint density at radius 1 is 1.29 bits per heavy atom. The monoisotopic (exact) mass is 368 g/mol. The number of amides is 1. The fourth-order valence-electron chi connectivity index (χ4n) is 1.61. The molecule has 21 heavy (non-hydrogen) atoms. The first-order valence-electron chi connectivity index (χ1n) is 5.89. The molecule has 0 spiro atoms. The number of carbonyl (C=O) groups is 2. The van der Waals surface area contributed by atoms with E-state index in [1.54, 1.807) is 24.3 Å². The molecule has 0 radical (unpaired) electrons. The van der Waals surface area contributed by atoms with E-state index in [1.165, 1.54) is 12.3 Å². The summed E-state index contributed by atoms with van der Waals surface area (Å²) < 4.78 is 0.604. The van der Waals surface area contributed by atoms with Gasteiger partial charge in [-0.2, -0.15) is 0 Å². The van der Waals surface area contributed by atoms with Gasteiger partial charge in [-0.3, -0.25) is 4.79 Å². The van der Waals surface area contributed by atoms with Crippen LogP contribution in [0.2, 0.25) is 5.02 Å². The summed E-state index contributed by atoms with van der Waals surface area (Å²) in [4.78, 5) is 26.5. The van der Waals surface area contributed by atoms with Crippen molar-refractivity contribution in [2.45, 2.75) is 6.54 Å². The van der Waals surface area contributed by atoms with Crippen molar-refractivity contribution in [3.8, 4) is 0 Å². The second-order valence-electron chi connectivity index (χ2n) is 4.16. The molecule has 2 rings (SSSR count). The van der Waals surface area contributed by atoms with Gasteiger partial charge in [0.2, 0.25) is 0 Å². The molecule has 1 heterocycles. The molecule has 108 valence electrons. The van der Waals surface area contributed by atoms with Crippen LogP contribution in [0.5, 0.6) is 0 Å². The van der Waals surface area contributed by atoms with Crippen LogP contribution < -0.4 is 5.32 Å².